The molecule has 2 aromatic heterocycles. The number of rotatable bonds is 8. The molecule has 2 amide bonds. The SMILES string of the molecule is O=C(NCCCN1CCCC1=O)C1CCCN(S(=O)(=O)c2ccccc2)CCc2nnc(-c3cccnc3)n2CC1. The van der Waals surface area contributed by atoms with E-state index in [0.717, 1.165) is 18.5 Å². The van der Waals surface area contributed by atoms with E-state index in [9.17, 15) is 18.0 Å². The third kappa shape index (κ3) is 6.99. The Hall–Kier alpha value is -3.64. The number of benzene rings is 1. The Morgan fingerprint density at radius 1 is 0.951 bits per heavy atom. The fourth-order valence-corrected chi connectivity index (χ4v) is 7.05. The van der Waals surface area contributed by atoms with Crippen molar-refractivity contribution < 1.29 is 18.0 Å². The molecular formula is C29H37N7O4S. The lowest BCUT2D eigenvalue weighted by molar-refractivity contribution is -0.127. The number of nitrogens with zero attached hydrogens (tertiary/aromatic N) is 6. The number of aromatic nitrogens is 4. The summed E-state index contributed by atoms with van der Waals surface area (Å²) in [5, 5.41) is 11.9. The molecule has 2 aliphatic heterocycles. The molecule has 1 saturated heterocycles. The van der Waals surface area contributed by atoms with E-state index in [-0.39, 0.29) is 29.2 Å². The molecule has 41 heavy (non-hydrogen) atoms. The summed E-state index contributed by atoms with van der Waals surface area (Å²) >= 11 is 0. The van der Waals surface area contributed by atoms with Crippen LogP contribution in [0.25, 0.3) is 11.4 Å². The quantitative estimate of drug-likeness (QED) is 0.406. The third-order valence-corrected chi connectivity index (χ3v) is 9.73. The number of fused-ring (bicyclic) bond motifs is 1. The zero-order valence-corrected chi connectivity index (χ0v) is 24.0. The maximum atomic E-state index is 13.6. The molecule has 1 aromatic carbocycles. The maximum absolute atomic E-state index is 13.6. The van der Waals surface area contributed by atoms with Crippen molar-refractivity contribution in [2.45, 2.75) is 56.4 Å². The van der Waals surface area contributed by atoms with E-state index >= 15 is 0 Å². The van der Waals surface area contributed by atoms with Crippen LogP contribution in [0.15, 0.2) is 59.8 Å². The van der Waals surface area contributed by atoms with Gasteiger partial charge in [0.15, 0.2) is 5.82 Å². The van der Waals surface area contributed by atoms with Gasteiger partial charge in [0.1, 0.15) is 5.82 Å². The molecule has 12 heteroatoms. The van der Waals surface area contributed by atoms with Gasteiger partial charge in [-0.25, -0.2) is 8.42 Å². The van der Waals surface area contributed by atoms with Crippen LogP contribution >= 0.6 is 0 Å². The fraction of sp³-hybridized carbons (Fsp3) is 0.483. The largest absolute Gasteiger partial charge is 0.356 e. The van der Waals surface area contributed by atoms with Crippen LogP contribution in [-0.4, -0.2) is 81.9 Å². The summed E-state index contributed by atoms with van der Waals surface area (Å²) in [7, 11) is -3.72. The van der Waals surface area contributed by atoms with Crippen LogP contribution in [0.5, 0.6) is 0 Å². The summed E-state index contributed by atoms with van der Waals surface area (Å²) in [5.74, 6) is 1.16. The van der Waals surface area contributed by atoms with Crippen molar-refractivity contribution in [3.63, 3.8) is 0 Å². The van der Waals surface area contributed by atoms with Gasteiger partial charge in [0.2, 0.25) is 21.8 Å². The number of pyridine rings is 1. The van der Waals surface area contributed by atoms with Gasteiger partial charge in [0.05, 0.1) is 4.90 Å². The van der Waals surface area contributed by atoms with Crippen molar-refractivity contribution in [2.24, 2.45) is 5.92 Å². The molecule has 5 rings (SSSR count). The number of carbonyl (C=O) groups excluding carboxylic acids is 2. The molecule has 0 radical (unpaired) electrons. The van der Waals surface area contributed by atoms with Crippen molar-refractivity contribution in [2.75, 3.05) is 32.7 Å². The van der Waals surface area contributed by atoms with E-state index in [4.69, 9.17) is 0 Å². The molecule has 0 spiro atoms. The minimum Gasteiger partial charge on any atom is -0.356 e. The smallest absolute Gasteiger partial charge is 0.243 e. The van der Waals surface area contributed by atoms with Crippen LogP contribution in [-0.2, 0) is 32.6 Å². The molecule has 0 saturated carbocycles. The third-order valence-electron chi connectivity index (χ3n) is 7.82. The van der Waals surface area contributed by atoms with Gasteiger partial charge < -0.3 is 14.8 Å². The normalized spacial score (nSPS) is 19.0. The first-order chi connectivity index (χ1) is 19.9. The summed E-state index contributed by atoms with van der Waals surface area (Å²) in [6.07, 6.45) is 7.71. The van der Waals surface area contributed by atoms with Crippen LogP contribution < -0.4 is 5.32 Å². The lowest BCUT2D eigenvalue weighted by Crippen LogP contribution is -2.36. The first-order valence-electron chi connectivity index (χ1n) is 14.4. The Kier molecular flexibility index (Phi) is 9.40. The second kappa shape index (κ2) is 13.3. The summed E-state index contributed by atoms with van der Waals surface area (Å²) in [4.78, 5) is 31.5. The Morgan fingerprint density at radius 3 is 2.56 bits per heavy atom. The lowest BCUT2D eigenvalue weighted by Gasteiger charge is -2.22. The number of sulfonamides is 1. The highest BCUT2D eigenvalue weighted by Crippen LogP contribution is 2.24. The molecule has 11 nitrogen and oxygen atoms in total. The Labute approximate surface area is 241 Å². The Balaban J connectivity index is 1.34. The van der Waals surface area contributed by atoms with Crippen LogP contribution in [0.3, 0.4) is 0 Å². The van der Waals surface area contributed by atoms with Crippen molar-refractivity contribution >= 4 is 21.8 Å². The molecular weight excluding hydrogens is 542 g/mol. The Bertz CT molecular complexity index is 1430. The van der Waals surface area contributed by atoms with Gasteiger partial charge in [-0.1, -0.05) is 18.2 Å². The van der Waals surface area contributed by atoms with Crippen LogP contribution in [0.1, 0.15) is 44.3 Å². The van der Waals surface area contributed by atoms with Crippen molar-refractivity contribution in [3.8, 4) is 11.4 Å². The van der Waals surface area contributed by atoms with Gasteiger partial charge in [-0.15, -0.1) is 10.2 Å². The number of hydrogen-bond donors (Lipinski definition) is 1. The van der Waals surface area contributed by atoms with Crippen molar-refractivity contribution in [1.29, 1.82) is 0 Å². The minimum absolute atomic E-state index is 0.0491. The minimum atomic E-state index is -3.72. The molecule has 218 valence electrons. The maximum Gasteiger partial charge on any atom is 0.243 e. The number of hydrogen-bond acceptors (Lipinski definition) is 7. The molecule has 1 unspecified atom stereocenters. The Morgan fingerprint density at radius 2 is 1.80 bits per heavy atom. The van der Waals surface area contributed by atoms with Crippen molar-refractivity contribution in [3.05, 3.63) is 60.7 Å². The molecule has 4 heterocycles. The summed E-state index contributed by atoms with van der Waals surface area (Å²) < 4.78 is 30.6. The van der Waals surface area contributed by atoms with Gasteiger partial charge in [-0.2, -0.15) is 4.31 Å². The molecule has 1 atom stereocenters. The predicted molar refractivity (Wildman–Crippen MR) is 153 cm³/mol. The van der Waals surface area contributed by atoms with Gasteiger partial charge in [0, 0.05) is 76.0 Å². The number of nitrogens with one attached hydrogen (secondary N) is 1. The number of likely N-dealkylation sites (tertiary alicyclic amines) is 1. The summed E-state index contributed by atoms with van der Waals surface area (Å²) in [6.45, 7) is 3.02. The standard InChI is InChI=1S/C29H37N7O4S/c37-27-12-6-17-34(27)18-7-16-31-29(38)23-9-5-19-35(41(39,40)25-10-2-1-3-11-25)20-14-26-32-33-28(36(26)21-13-23)24-8-4-15-30-22-24/h1-4,8,10-11,15,22-23H,5-7,9,12-14,16-21H2,(H,31,38). The van der Waals surface area contributed by atoms with Crippen molar-refractivity contribution in [1.82, 2.24) is 34.3 Å². The highest BCUT2D eigenvalue weighted by atomic mass is 32.2. The topological polar surface area (TPSA) is 130 Å². The summed E-state index contributed by atoms with van der Waals surface area (Å²) in [6, 6.07) is 12.2. The fourth-order valence-electron chi connectivity index (χ4n) is 5.55. The molecule has 0 bridgehead atoms. The second-order valence-electron chi connectivity index (χ2n) is 10.6. The average molecular weight is 580 g/mol. The van der Waals surface area contributed by atoms with E-state index < -0.39 is 10.0 Å². The number of amides is 2. The van der Waals surface area contributed by atoms with E-state index in [1.165, 1.54) is 4.31 Å². The molecule has 1 fully saturated rings. The zero-order valence-electron chi connectivity index (χ0n) is 23.2. The monoisotopic (exact) mass is 579 g/mol. The molecule has 1 N–H and O–H groups in total. The molecule has 0 aliphatic carbocycles. The first kappa shape index (κ1) is 28.9. The molecule has 2 aliphatic rings. The molecule has 3 aromatic rings. The highest BCUT2D eigenvalue weighted by molar-refractivity contribution is 7.89. The van der Waals surface area contributed by atoms with Crippen LogP contribution in [0.2, 0.25) is 0 Å². The lowest BCUT2D eigenvalue weighted by atomic mass is 9.98. The van der Waals surface area contributed by atoms with E-state index in [1.54, 1.807) is 42.7 Å². The number of carbonyl (C=O) groups is 2. The van der Waals surface area contributed by atoms with E-state index in [2.05, 4.69) is 20.5 Å². The average Bonchev–Trinajstić information content (AvgIpc) is 3.59. The van der Waals surface area contributed by atoms with Gasteiger partial charge in [-0.3, -0.25) is 14.6 Å². The first-order valence-corrected chi connectivity index (χ1v) is 15.8. The van der Waals surface area contributed by atoms with E-state index in [0.29, 0.717) is 76.4 Å². The zero-order chi connectivity index (χ0) is 28.7. The van der Waals surface area contributed by atoms with E-state index in [1.807, 2.05) is 21.6 Å². The van der Waals surface area contributed by atoms with Gasteiger partial charge in [0.25, 0.3) is 0 Å². The van der Waals surface area contributed by atoms with Crippen LogP contribution in [0.4, 0.5) is 0 Å². The predicted octanol–water partition coefficient (Wildman–Crippen LogP) is 2.50. The van der Waals surface area contributed by atoms with Crippen LogP contribution in [0, 0.1) is 5.92 Å². The second-order valence-corrected chi connectivity index (χ2v) is 12.5. The van der Waals surface area contributed by atoms with Gasteiger partial charge >= 0.3 is 0 Å². The van der Waals surface area contributed by atoms with Gasteiger partial charge in [-0.05, 0) is 56.4 Å². The summed E-state index contributed by atoms with van der Waals surface area (Å²) in [5.41, 5.74) is 0.812. The highest BCUT2D eigenvalue weighted by Gasteiger charge is 2.28.